The predicted molar refractivity (Wildman–Crippen MR) is 72.1 cm³/mol. The molecule has 100 valence electrons. The lowest BCUT2D eigenvalue weighted by atomic mass is 9.94. The molecule has 3 heteroatoms. The summed E-state index contributed by atoms with van der Waals surface area (Å²) in [6, 6.07) is 0. The fourth-order valence-corrected chi connectivity index (χ4v) is 3.75. The monoisotopic (exact) mass is 248 g/mol. The molecule has 1 N–H and O–H groups in total. The summed E-state index contributed by atoms with van der Waals surface area (Å²) in [4.78, 5) is 13.4. The molecule has 1 aliphatic heterocycles. The minimum atomic E-state index is 0.355. The topological polar surface area (TPSA) is 32.3 Å². The van der Waals surface area contributed by atoms with Crippen molar-refractivity contribution in [1.82, 2.24) is 10.2 Å². The minimum Gasteiger partial charge on any atom is -0.343 e. The van der Waals surface area contributed by atoms with E-state index >= 15 is 0 Å². The Labute approximate surface area is 110 Å². The maximum atomic E-state index is 11.4. The molecule has 0 aromatic carbocycles. The van der Waals surface area contributed by atoms with Crippen LogP contribution in [-0.4, -0.2) is 37.0 Å². The molecule has 0 spiro atoms. The van der Waals surface area contributed by atoms with Crippen LogP contribution in [0.4, 0.5) is 0 Å². The summed E-state index contributed by atoms with van der Waals surface area (Å²) in [6.07, 6.45) is 10.5. The van der Waals surface area contributed by atoms with E-state index in [0.717, 1.165) is 56.7 Å². The molecule has 1 saturated carbocycles. The minimum absolute atomic E-state index is 0.355. The van der Waals surface area contributed by atoms with Crippen molar-refractivity contribution < 1.29 is 4.79 Å². The number of hydrogen-bond acceptors (Lipinski definition) is 2. The molecule has 2 fully saturated rings. The van der Waals surface area contributed by atoms with Crippen molar-refractivity contribution in [1.29, 1.82) is 0 Å². The third kappa shape index (κ3) is 2.61. The summed E-state index contributed by atoms with van der Waals surface area (Å²) in [5.74, 6) is 2.95. The molecule has 2 aliphatic carbocycles. The second-order valence-corrected chi connectivity index (χ2v) is 6.08. The Kier molecular flexibility index (Phi) is 3.69. The van der Waals surface area contributed by atoms with Crippen molar-refractivity contribution in [2.45, 2.75) is 32.1 Å². The van der Waals surface area contributed by atoms with Gasteiger partial charge in [0.1, 0.15) is 0 Å². The highest BCUT2D eigenvalue weighted by Crippen LogP contribution is 2.42. The maximum absolute atomic E-state index is 11.4. The first-order valence-electron chi connectivity index (χ1n) is 7.50. The van der Waals surface area contributed by atoms with Gasteiger partial charge in [0.2, 0.25) is 5.91 Å². The number of rotatable bonds is 6. The van der Waals surface area contributed by atoms with Gasteiger partial charge in [0.15, 0.2) is 0 Å². The molecule has 3 unspecified atom stereocenters. The van der Waals surface area contributed by atoms with Gasteiger partial charge in [-0.1, -0.05) is 12.2 Å². The quantitative estimate of drug-likeness (QED) is 0.574. The van der Waals surface area contributed by atoms with Crippen LogP contribution in [0.1, 0.15) is 32.1 Å². The number of fused-ring (bicyclic) bond motifs is 2. The highest BCUT2D eigenvalue weighted by molar-refractivity contribution is 5.77. The summed E-state index contributed by atoms with van der Waals surface area (Å²) in [5, 5.41) is 3.58. The maximum Gasteiger partial charge on any atom is 0.222 e. The van der Waals surface area contributed by atoms with Crippen LogP contribution in [0.2, 0.25) is 0 Å². The van der Waals surface area contributed by atoms with E-state index in [1.165, 1.54) is 19.4 Å². The molecular weight excluding hydrogens is 224 g/mol. The van der Waals surface area contributed by atoms with Crippen molar-refractivity contribution in [3.8, 4) is 0 Å². The fourth-order valence-electron chi connectivity index (χ4n) is 3.75. The van der Waals surface area contributed by atoms with E-state index in [0.29, 0.717) is 5.91 Å². The van der Waals surface area contributed by atoms with Gasteiger partial charge in [0, 0.05) is 19.5 Å². The SMILES string of the molecule is O=C1CCCN1CCCNCC1CC2C=CC1C2. The van der Waals surface area contributed by atoms with Gasteiger partial charge in [-0.25, -0.2) is 0 Å². The number of carbonyl (C=O) groups is 1. The van der Waals surface area contributed by atoms with Crippen molar-refractivity contribution in [2.75, 3.05) is 26.2 Å². The standard InChI is InChI=1S/C15H24N2O/c18-15-3-1-7-17(15)8-2-6-16-11-14-10-12-4-5-13(14)9-12/h4-5,12-14,16H,1-3,6-11H2. The van der Waals surface area contributed by atoms with Crippen LogP contribution in [0.15, 0.2) is 12.2 Å². The van der Waals surface area contributed by atoms with Gasteiger partial charge in [-0.15, -0.1) is 0 Å². The van der Waals surface area contributed by atoms with Gasteiger partial charge < -0.3 is 10.2 Å². The van der Waals surface area contributed by atoms with Gasteiger partial charge in [-0.05, 0) is 56.5 Å². The normalized spacial score (nSPS) is 33.9. The Morgan fingerprint density at radius 2 is 2.28 bits per heavy atom. The Balaban J connectivity index is 1.27. The smallest absolute Gasteiger partial charge is 0.222 e. The van der Waals surface area contributed by atoms with Crippen molar-refractivity contribution in [3.05, 3.63) is 12.2 Å². The fraction of sp³-hybridized carbons (Fsp3) is 0.800. The van der Waals surface area contributed by atoms with Crippen LogP contribution >= 0.6 is 0 Å². The molecule has 3 atom stereocenters. The largest absolute Gasteiger partial charge is 0.343 e. The summed E-state index contributed by atoms with van der Waals surface area (Å²) in [6.45, 7) is 4.15. The number of nitrogens with zero attached hydrogens (tertiary/aromatic N) is 1. The summed E-state index contributed by atoms with van der Waals surface area (Å²) < 4.78 is 0. The van der Waals surface area contributed by atoms with Crippen LogP contribution in [-0.2, 0) is 4.79 Å². The molecule has 1 amide bonds. The zero-order chi connectivity index (χ0) is 12.4. The third-order valence-corrected chi connectivity index (χ3v) is 4.78. The molecule has 0 aromatic rings. The highest BCUT2D eigenvalue weighted by Gasteiger charge is 2.34. The Bertz CT molecular complexity index is 339. The zero-order valence-corrected chi connectivity index (χ0v) is 11.1. The van der Waals surface area contributed by atoms with Gasteiger partial charge in [-0.3, -0.25) is 4.79 Å². The first-order chi connectivity index (χ1) is 8.83. The average molecular weight is 248 g/mol. The predicted octanol–water partition coefficient (Wildman–Crippen LogP) is 1.80. The van der Waals surface area contributed by atoms with Crippen molar-refractivity contribution >= 4 is 5.91 Å². The number of likely N-dealkylation sites (tertiary alicyclic amines) is 1. The van der Waals surface area contributed by atoms with Gasteiger partial charge in [-0.2, -0.15) is 0 Å². The van der Waals surface area contributed by atoms with Crippen LogP contribution in [0.25, 0.3) is 0 Å². The van der Waals surface area contributed by atoms with E-state index in [1.54, 1.807) is 0 Å². The molecule has 18 heavy (non-hydrogen) atoms. The van der Waals surface area contributed by atoms with Crippen molar-refractivity contribution in [2.24, 2.45) is 17.8 Å². The van der Waals surface area contributed by atoms with E-state index in [4.69, 9.17) is 0 Å². The van der Waals surface area contributed by atoms with Gasteiger partial charge in [0.25, 0.3) is 0 Å². The lowest BCUT2D eigenvalue weighted by molar-refractivity contribution is -0.127. The van der Waals surface area contributed by atoms with Crippen LogP contribution < -0.4 is 5.32 Å². The average Bonchev–Trinajstić information content (AvgIpc) is 3.06. The Morgan fingerprint density at radius 1 is 1.33 bits per heavy atom. The van der Waals surface area contributed by atoms with Crippen molar-refractivity contribution in [3.63, 3.8) is 0 Å². The Hall–Kier alpha value is -0.830. The lowest BCUT2D eigenvalue weighted by Gasteiger charge is -2.19. The number of carbonyl (C=O) groups excluding carboxylic acids is 1. The lowest BCUT2D eigenvalue weighted by Crippen LogP contribution is -2.30. The third-order valence-electron chi connectivity index (χ3n) is 4.78. The molecule has 3 nitrogen and oxygen atoms in total. The van der Waals surface area contributed by atoms with Crippen LogP contribution in [0, 0.1) is 17.8 Å². The summed E-state index contributed by atoms with van der Waals surface area (Å²) in [5.41, 5.74) is 0. The second-order valence-electron chi connectivity index (χ2n) is 6.08. The van der Waals surface area contributed by atoms with Crippen LogP contribution in [0.3, 0.4) is 0 Å². The van der Waals surface area contributed by atoms with E-state index in [-0.39, 0.29) is 0 Å². The summed E-state index contributed by atoms with van der Waals surface area (Å²) >= 11 is 0. The molecule has 1 heterocycles. The molecule has 2 bridgehead atoms. The van der Waals surface area contributed by atoms with Gasteiger partial charge >= 0.3 is 0 Å². The number of nitrogens with one attached hydrogen (secondary N) is 1. The highest BCUT2D eigenvalue weighted by atomic mass is 16.2. The number of amides is 1. The van der Waals surface area contributed by atoms with Gasteiger partial charge in [0.05, 0.1) is 0 Å². The Morgan fingerprint density at radius 3 is 2.94 bits per heavy atom. The number of allylic oxidation sites excluding steroid dienone is 2. The zero-order valence-electron chi connectivity index (χ0n) is 11.1. The summed E-state index contributed by atoms with van der Waals surface area (Å²) in [7, 11) is 0. The van der Waals surface area contributed by atoms with E-state index in [9.17, 15) is 4.79 Å². The molecule has 3 aliphatic rings. The van der Waals surface area contributed by atoms with E-state index < -0.39 is 0 Å². The molecule has 1 saturated heterocycles. The molecular formula is C15H24N2O. The first-order valence-corrected chi connectivity index (χ1v) is 7.50. The first kappa shape index (κ1) is 12.2. The van der Waals surface area contributed by atoms with Crippen LogP contribution in [0.5, 0.6) is 0 Å². The second kappa shape index (κ2) is 5.43. The molecule has 0 aromatic heterocycles. The number of hydrogen-bond donors (Lipinski definition) is 1. The molecule has 0 radical (unpaired) electrons. The van der Waals surface area contributed by atoms with E-state index in [2.05, 4.69) is 17.5 Å². The molecule has 3 rings (SSSR count). The van der Waals surface area contributed by atoms with E-state index in [1.807, 2.05) is 4.90 Å².